The van der Waals surface area contributed by atoms with E-state index in [0.29, 0.717) is 25.2 Å². The number of benzene rings is 2. The Morgan fingerprint density at radius 2 is 1.50 bits per heavy atom. The Morgan fingerprint density at radius 3 is 2.17 bits per heavy atom. The molecule has 2 aromatic rings. The predicted molar refractivity (Wildman–Crippen MR) is 113 cm³/mol. The summed E-state index contributed by atoms with van der Waals surface area (Å²) in [5.74, 6) is -1.43. The number of rotatable bonds is 4. The van der Waals surface area contributed by atoms with Crippen molar-refractivity contribution in [2.75, 3.05) is 39.8 Å². The highest BCUT2D eigenvalue weighted by Crippen LogP contribution is 2.17. The molecule has 7 heteroatoms. The lowest BCUT2D eigenvalue weighted by atomic mass is 10.1. The Labute approximate surface area is 176 Å². The molecule has 30 heavy (non-hydrogen) atoms. The van der Waals surface area contributed by atoms with Crippen molar-refractivity contribution in [1.82, 2.24) is 14.7 Å². The van der Waals surface area contributed by atoms with Crippen molar-refractivity contribution in [3.63, 3.8) is 0 Å². The average molecular weight is 419 g/mol. The van der Waals surface area contributed by atoms with E-state index in [4.69, 9.17) is 5.73 Å². The first-order valence-corrected chi connectivity index (χ1v) is 10.1. The van der Waals surface area contributed by atoms with Crippen molar-refractivity contribution in [1.29, 1.82) is 0 Å². The van der Waals surface area contributed by atoms with Crippen LogP contribution >= 0.6 is 0 Å². The van der Waals surface area contributed by atoms with Gasteiger partial charge in [0.15, 0.2) is 0 Å². The van der Waals surface area contributed by atoms with Gasteiger partial charge in [-0.15, -0.1) is 0 Å². The van der Waals surface area contributed by atoms with Crippen LogP contribution in [0.4, 0.5) is 13.2 Å². The van der Waals surface area contributed by atoms with Gasteiger partial charge < -0.3 is 15.5 Å². The first-order chi connectivity index (χ1) is 14.3. The van der Waals surface area contributed by atoms with Crippen molar-refractivity contribution in [3.8, 4) is 0 Å². The zero-order valence-corrected chi connectivity index (χ0v) is 17.3. The minimum atomic E-state index is -0.581. The molecule has 3 rings (SSSR count). The first-order valence-electron chi connectivity index (χ1n) is 10.1. The third-order valence-corrected chi connectivity index (χ3v) is 5.45. The second kappa shape index (κ2) is 10.1. The highest BCUT2D eigenvalue weighted by Gasteiger charge is 2.21. The summed E-state index contributed by atoms with van der Waals surface area (Å²) < 4.78 is 40.4. The second-order valence-electron chi connectivity index (χ2n) is 7.96. The SMILES string of the molecule is C=C1[C@@H](N)CN(Cc2cc(F)cc(F)c2)CCN(C)CCN1Cc1ccc(F)cc1. The summed E-state index contributed by atoms with van der Waals surface area (Å²) in [6.45, 7) is 8.85. The van der Waals surface area contributed by atoms with Crippen LogP contribution in [0.5, 0.6) is 0 Å². The molecule has 2 N–H and O–H groups in total. The van der Waals surface area contributed by atoms with Crippen LogP contribution in [0.15, 0.2) is 54.7 Å². The van der Waals surface area contributed by atoms with E-state index < -0.39 is 11.6 Å². The van der Waals surface area contributed by atoms with Gasteiger partial charge in [0.1, 0.15) is 17.5 Å². The van der Waals surface area contributed by atoms with Gasteiger partial charge in [0.2, 0.25) is 0 Å². The van der Waals surface area contributed by atoms with Gasteiger partial charge in [0.25, 0.3) is 0 Å². The number of halogens is 3. The van der Waals surface area contributed by atoms with E-state index in [1.807, 2.05) is 7.05 Å². The van der Waals surface area contributed by atoms with Gasteiger partial charge in [0.05, 0.1) is 6.04 Å². The zero-order chi connectivity index (χ0) is 21.7. The molecule has 0 aliphatic carbocycles. The molecule has 162 valence electrons. The molecule has 0 bridgehead atoms. The van der Waals surface area contributed by atoms with E-state index in [1.165, 1.54) is 24.3 Å². The van der Waals surface area contributed by atoms with E-state index >= 15 is 0 Å². The summed E-state index contributed by atoms with van der Waals surface area (Å²) >= 11 is 0. The molecule has 0 spiro atoms. The van der Waals surface area contributed by atoms with Crippen LogP contribution in [0.25, 0.3) is 0 Å². The average Bonchev–Trinajstić information content (AvgIpc) is 2.68. The Kier molecular flexibility index (Phi) is 7.53. The summed E-state index contributed by atoms with van der Waals surface area (Å²) in [5, 5.41) is 0. The fraction of sp³-hybridized carbons (Fsp3) is 0.391. The normalized spacial score (nSPS) is 19.8. The lowest BCUT2D eigenvalue weighted by Gasteiger charge is -2.36. The number of nitrogens with two attached hydrogens (primary N) is 1. The van der Waals surface area contributed by atoms with Crippen LogP contribution in [0.3, 0.4) is 0 Å². The van der Waals surface area contributed by atoms with Crippen molar-refractivity contribution in [2.45, 2.75) is 19.1 Å². The summed E-state index contributed by atoms with van der Waals surface area (Å²) in [5.41, 5.74) is 8.83. The maximum Gasteiger partial charge on any atom is 0.126 e. The summed E-state index contributed by atoms with van der Waals surface area (Å²) in [6.07, 6.45) is 0. The van der Waals surface area contributed by atoms with Gasteiger partial charge in [-0.3, -0.25) is 4.90 Å². The lowest BCUT2D eigenvalue weighted by Crippen LogP contribution is -2.48. The number of hydrogen-bond acceptors (Lipinski definition) is 4. The van der Waals surface area contributed by atoms with Gasteiger partial charge in [-0.25, -0.2) is 13.2 Å². The minimum absolute atomic E-state index is 0.264. The molecule has 1 fully saturated rings. The highest BCUT2D eigenvalue weighted by atomic mass is 19.1. The Balaban J connectivity index is 1.73. The lowest BCUT2D eigenvalue weighted by molar-refractivity contribution is 0.172. The largest absolute Gasteiger partial charge is 0.368 e. The van der Waals surface area contributed by atoms with E-state index in [1.54, 1.807) is 12.1 Å². The van der Waals surface area contributed by atoms with Crippen LogP contribution in [-0.2, 0) is 13.1 Å². The molecular weight excluding hydrogens is 389 g/mol. The Bertz CT molecular complexity index is 836. The smallest absolute Gasteiger partial charge is 0.126 e. The molecule has 0 amide bonds. The van der Waals surface area contributed by atoms with Crippen molar-refractivity contribution >= 4 is 0 Å². The highest BCUT2D eigenvalue weighted by molar-refractivity contribution is 5.19. The van der Waals surface area contributed by atoms with Gasteiger partial charge >= 0.3 is 0 Å². The molecule has 1 saturated heterocycles. The number of hydrogen-bond donors (Lipinski definition) is 1. The molecule has 0 saturated carbocycles. The molecule has 1 atom stereocenters. The van der Waals surface area contributed by atoms with Gasteiger partial charge in [-0.2, -0.15) is 0 Å². The maximum absolute atomic E-state index is 13.6. The molecule has 0 unspecified atom stereocenters. The molecule has 1 heterocycles. The summed E-state index contributed by atoms with van der Waals surface area (Å²) in [4.78, 5) is 6.43. The number of nitrogens with zero attached hydrogens (tertiary/aromatic N) is 3. The molecule has 2 aromatic carbocycles. The van der Waals surface area contributed by atoms with Crippen LogP contribution in [0, 0.1) is 17.5 Å². The van der Waals surface area contributed by atoms with Crippen molar-refractivity contribution < 1.29 is 13.2 Å². The fourth-order valence-corrected chi connectivity index (χ4v) is 3.66. The summed E-state index contributed by atoms with van der Waals surface area (Å²) in [7, 11) is 2.04. The van der Waals surface area contributed by atoms with Crippen LogP contribution in [0.2, 0.25) is 0 Å². The predicted octanol–water partition coefficient (Wildman–Crippen LogP) is 3.19. The number of likely N-dealkylation sites (N-methyl/N-ethyl adjacent to an activating group) is 1. The van der Waals surface area contributed by atoms with E-state index in [-0.39, 0.29) is 11.9 Å². The fourth-order valence-electron chi connectivity index (χ4n) is 3.66. The third kappa shape index (κ3) is 6.32. The topological polar surface area (TPSA) is 35.7 Å². The maximum atomic E-state index is 13.6. The van der Waals surface area contributed by atoms with Crippen LogP contribution < -0.4 is 5.73 Å². The summed E-state index contributed by atoms with van der Waals surface area (Å²) in [6, 6.07) is 9.69. The first kappa shape index (κ1) is 22.3. The second-order valence-corrected chi connectivity index (χ2v) is 7.96. The monoisotopic (exact) mass is 418 g/mol. The minimum Gasteiger partial charge on any atom is -0.368 e. The van der Waals surface area contributed by atoms with E-state index in [2.05, 4.69) is 21.3 Å². The zero-order valence-electron chi connectivity index (χ0n) is 17.3. The molecule has 0 aromatic heterocycles. The van der Waals surface area contributed by atoms with Gasteiger partial charge in [-0.1, -0.05) is 18.7 Å². The quantitative estimate of drug-likeness (QED) is 0.827. The van der Waals surface area contributed by atoms with E-state index in [0.717, 1.165) is 43.5 Å². The Morgan fingerprint density at radius 1 is 0.867 bits per heavy atom. The molecule has 0 radical (unpaired) electrons. The van der Waals surface area contributed by atoms with Crippen molar-refractivity contribution in [3.05, 3.63) is 83.3 Å². The van der Waals surface area contributed by atoms with Crippen molar-refractivity contribution in [2.24, 2.45) is 5.73 Å². The van der Waals surface area contributed by atoms with Crippen LogP contribution in [-0.4, -0.2) is 60.5 Å². The standard InChI is InChI=1S/C23H29F3N4/c1-17-23(27)16-29(14-19-11-21(25)13-22(26)12-19)9-7-28(2)8-10-30(17)15-18-3-5-20(24)6-4-18/h3-6,11-13,23H,1,7-10,14-16,27H2,2H3/t23-/m0/s1. The van der Waals surface area contributed by atoms with Crippen LogP contribution in [0.1, 0.15) is 11.1 Å². The Hall–Kier alpha value is -2.35. The third-order valence-electron chi connectivity index (χ3n) is 5.45. The molecular formula is C23H29F3N4. The van der Waals surface area contributed by atoms with Gasteiger partial charge in [0, 0.05) is 57.6 Å². The molecule has 1 aliphatic heterocycles. The molecule has 4 nitrogen and oxygen atoms in total. The van der Waals surface area contributed by atoms with E-state index in [9.17, 15) is 13.2 Å². The van der Waals surface area contributed by atoms with Gasteiger partial charge in [-0.05, 0) is 42.4 Å². The molecule has 1 aliphatic rings.